The molecule has 0 saturated carbocycles. The minimum atomic E-state index is -0.191. The number of nitrogens with one attached hydrogen (secondary N) is 1. The molecule has 0 heterocycles. The van der Waals surface area contributed by atoms with Crippen LogP contribution in [0.5, 0.6) is 0 Å². The van der Waals surface area contributed by atoms with Crippen LogP contribution >= 0.6 is 15.9 Å². The average molecular weight is 290 g/mol. The molecule has 0 aromatic heterocycles. The Bertz CT molecular complexity index is 355. The third-order valence-electron chi connectivity index (χ3n) is 2.27. The summed E-state index contributed by atoms with van der Waals surface area (Å²) in [6.45, 7) is 5.11. The molecule has 0 atom stereocenters. The fourth-order valence-corrected chi connectivity index (χ4v) is 1.83. The molecule has 0 saturated heterocycles. The molecule has 0 radical (unpaired) electrons. The minimum absolute atomic E-state index is 0.163. The molecule has 90 valence electrons. The number of ether oxygens (including phenoxy) is 1. The molecule has 0 unspecified atom stereocenters. The van der Waals surface area contributed by atoms with Gasteiger partial charge < -0.3 is 10.1 Å². The summed E-state index contributed by atoms with van der Waals surface area (Å²) < 4.78 is 19.4. The van der Waals surface area contributed by atoms with Gasteiger partial charge in [0.2, 0.25) is 0 Å². The first-order valence-corrected chi connectivity index (χ1v) is 5.92. The van der Waals surface area contributed by atoms with Crippen molar-refractivity contribution in [2.75, 3.05) is 13.7 Å². The predicted molar refractivity (Wildman–Crippen MR) is 66.9 cm³/mol. The summed E-state index contributed by atoms with van der Waals surface area (Å²) in [5, 5.41) is 3.26. The second-order valence-electron chi connectivity index (χ2n) is 4.41. The average Bonchev–Trinajstić information content (AvgIpc) is 2.19. The van der Waals surface area contributed by atoms with Crippen molar-refractivity contribution >= 4 is 15.9 Å². The van der Waals surface area contributed by atoms with E-state index in [4.69, 9.17) is 4.74 Å². The van der Waals surface area contributed by atoms with E-state index in [1.54, 1.807) is 19.2 Å². The highest BCUT2D eigenvalue weighted by molar-refractivity contribution is 9.10. The fraction of sp³-hybridized carbons (Fsp3) is 0.500. The molecule has 2 nitrogen and oxygen atoms in total. The van der Waals surface area contributed by atoms with E-state index in [9.17, 15) is 4.39 Å². The van der Waals surface area contributed by atoms with Gasteiger partial charge in [0, 0.05) is 29.2 Å². The number of methoxy groups -OCH3 is 1. The standard InChI is InChI=1S/C12H17BrFNO/c1-12(2,8-16-3)15-7-9-6-10(13)4-5-11(9)14/h4-6,15H,7-8H2,1-3H3. The lowest BCUT2D eigenvalue weighted by Crippen LogP contribution is -2.42. The highest BCUT2D eigenvalue weighted by Crippen LogP contribution is 2.16. The van der Waals surface area contributed by atoms with E-state index in [1.807, 2.05) is 13.8 Å². The quantitative estimate of drug-likeness (QED) is 0.899. The monoisotopic (exact) mass is 289 g/mol. The first kappa shape index (κ1) is 13.6. The van der Waals surface area contributed by atoms with Crippen molar-refractivity contribution in [3.63, 3.8) is 0 Å². The summed E-state index contributed by atoms with van der Waals surface area (Å²) in [4.78, 5) is 0. The smallest absolute Gasteiger partial charge is 0.127 e. The summed E-state index contributed by atoms with van der Waals surface area (Å²) in [7, 11) is 1.66. The Hall–Kier alpha value is -0.450. The van der Waals surface area contributed by atoms with Crippen molar-refractivity contribution in [3.8, 4) is 0 Å². The van der Waals surface area contributed by atoms with Gasteiger partial charge in [-0.05, 0) is 32.0 Å². The van der Waals surface area contributed by atoms with E-state index in [-0.39, 0.29) is 11.4 Å². The maximum Gasteiger partial charge on any atom is 0.127 e. The normalized spacial score (nSPS) is 11.8. The van der Waals surface area contributed by atoms with Crippen molar-refractivity contribution in [1.29, 1.82) is 0 Å². The Morgan fingerprint density at radius 3 is 2.75 bits per heavy atom. The maximum absolute atomic E-state index is 13.4. The summed E-state index contributed by atoms with van der Waals surface area (Å²) in [5.41, 5.74) is 0.488. The van der Waals surface area contributed by atoms with Crippen LogP contribution in [0, 0.1) is 5.82 Å². The molecule has 0 bridgehead atoms. The largest absolute Gasteiger partial charge is 0.383 e. The lowest BCUT2D eigenvalue weighted by molar-refractivity contribution is 0.127. The van der Waals surface area contributed by atoms with Crippen LogP contribution in [0.15, 0.2) is 22.7 Å². The molecule has 0 spiro atoms. The summed E-state index contributed by atoms with van der Waals surface area (Å²) >= 11 is 3.33. The molecule has 0 aliphatic rings. The third-order valence-corrected chi connectivity index (χ3v) is 2.76. The molecular formula is C12H17BrFNO. The topological polar surface area (TPSA) is 21.3 Å². The van der Waals surface area contributed by atoms with E-state index in [1.165, 1.54) is 6.07 Å². The Morgan fingerprint density at radius 1 is 1.44 bits per heavy atom. The zero-order valence-electron chi connectivity index (χ0n) is 9.81. The van der Waals surface area contributed by atoms with E-state index < -0.39 is 0 Å². The highest BCUT2D eigenvalue weighted by atomic mass is 79.9. The summed E-state index contributed by atoms with van der Waals surface area (Å²) in [6, 6.07) is 4.94. The maximum atomic E-state index is 13.4. The Balaban J connectivity index is 2.63. The van der Waals surface area contributed by atoms with Crippen LogP contribution in [0.25, 0.3) is 0 Å². The van der Waals surface area contributed by atoms with Crippen LogP contribution in [-0.4, -0.2) is 19.3 Å². The number of hydrogen-bond donors (Lipinski definition) is 1. The zero-order chi connectivity index (χ0) is 12.2. The van der Waals surface area contributed by atoms with Crippen LogP contribution < -0.4 is 5.32 Å². The van der Waals surface area contributed by atoms with Crippen LogP contribution in [0.4, 0.5) is 4.39 Å². The molecular weight excluding hydrogens is 273 g/mol. The van der Waals surface area contributed by atoms with Crippen LogP contribution in [0.3, 0.4) is 0 Å². The summed E-state index contributed by atoms with van der Waals surface area (Å²) in [5.74, 6) is -0.191. The SMILES string of the molecule is COCC(C)(C)NCc1cc(Br)ccc1F. The van der Waals surface area contributed by atoms with E-state index in [0.717, 1.165) is 4.47 Å². The van der Waals surface area contributed by atoms with Crippen molar-refractivity contribution < 1.29 is 9.13 Å². The van der Waals surface area contributed by atoms with Crippen molar-refractivity contribution in [2.45, 2.75) is 25.9 Å². The van der Waals surface area contributed by atoms with Gasteiger partial charge in [-0.25, -0.2) is 4.39 Å². The lowest BCUT2D eigenvalue weighted by Gasteiger charge is -2.25. The second kappa shape index (κ2) is 5.75. The first-order valence-electron chi connectivity index (χ1n) is 5.12. The van der Waals surface area contributed by atoms with E-state index >= 15 is 0 Å². The number of rotatable bonds is 5. The molecule has 1 aromatic rings. The third kappa shape index (κ3) is 4.20. The molecule has 1 rings (SSSR count). The van der Waals surface area contributed by atoms with Crippen LogP contribution in [-0.2, 0) is 11.3 Å². The van der Waals surface area contributed by atoms with Gasteiger partial charge in [0.1, 0.15) is 5.82 Å². The second-order valence-corrected chi connectivity index (χ2v) is 5.32. The van der Waals surface area contributed by atoms with Crippen molar-refractivity contribution in [3.05, 3.63) is 34.1 Å². The number of halogens is 2. The highest BCUT2D eigenvalue weighted by Gasteiger charge is 2.17. The van der Waals surface area contributed by atoms with Gasteiger partial charge in [0.05, 0.1) is 6.61 Å². The van der Waals surface area contributed by atoms with Gasteiger partial charge in [-0.2, -0.15) is 0 Å². The molecule has 16 heavy (non-hydrogen) atoms. The number of hydrogen-bond acceptors (Lipinski definition) is 2. The van der Waals surface area contributed by atoms with Gasteiger partial charge >= 0.3 is 0 Å². The zero-order valence-corrected chi connectivity index (χ0v) is 11.4. The first-order chi connectivity index (χ1) is 7.44. The van der Waals surface area contributed by atoms with Crippen molar-refractivity contribution in [1.82, 2.24) is 5.32 Å². The van der Waals surface area contributed by atoms with Crippen LogP contribution in [0.1, 0.15) is 19.4 Å². The van der Waals surface area contributed by atoms with Gasteiger partial charge in [-0.15, -0.1) is 0 Å². The van der Waals surface area contributed by atoms with Gasteiger partial charge in [-0.3, -0.25) is 0 Å². The number of benzene rings is 1. The Kier molecular flexibility index (Phi) is 4.89. The molecule has 1 N–H and O–H groups in total. The Labute approximate surface area is 104 Å². The van der Waals surface area contributed by atoms with Crippen molar-refractivity contribution in [2.24, 2.45) is 0 Å². The van der Waals surface area contributed by atoms with E-state index in [2.05, 4.69) is 21.2 Å². The molecule has 4 heteroatoms. The fourth-order valence-electron chi connectivity index (χ4n) is 1.43. The Morgan fingerprint density at radius 2 is 2.12 bits per heavy atom. The molecule has 0 fully saturated rings. The lowest BCUT2D eigenvalue weighted by atomic mass is 10.1. The molecule has 0 aliphatic heterocycles. The summed E-state index contributed by atoms with van der Waals surface area (Å²) in [6.07, 6.45) is 0. The minimum Gasteiger partial charge on any atom is -0.383 e. The van der Waals surface area contributed by atoms with Gasteiger partial charge in [-0.1, -0.05) is 15.9 Å². The molecule has 0 aliphatic carbocycles. The van der Waals surface area contributed by atoms with E-state index in [0.29, 0.717) is 18.7 Å². The molecule has 0 amide bonds. The van der Waals surface area contributed by atoms with Gasteiger partial charge in [0.25, 0.3) is 0 Å². The van der Waals surface area contributed by atoms with Crippen LogP contribution in [0.2, 0.25) is 0 Å². The predicted octanol–water partition coefficient (Wildman–Crippen LogP) is 3.10. The van der Waals surface area contributed by atoms with Gasteiger partial charge in [0.15, 0.2) is 0 Å². The molecule has 1 aromatic carbocycles.